The molecule has 0 spiro atoms. The monoisotopic (exact) mass is 546 g/mol. The van der Waals surface area contributed by atoms with Crippen molar-refractivity contribution in [2.75, 3.05) is 13.2 Å². The lowest BCUT2D eigenvalue weighted by molar-refractivity contribution is -0.150. The Labute approximate surface area is 237 Å². The Balaban J connectivity index is 1.67. The third-order valence-electron chi connectivity index (χ3n) is 7.54. The van der Waals surface area contributed by atoms with E-state index in [9.17, 15) is 19.5 Å². The number of benzene rings is 2. The van der Waals surface area contributed by atoms with Crippen LogP contribution in [0.3, 0.4) is 0 Å². The predicted octanol–water partition coefficient (Wildman–Crippen LogP) is 4.83. The number of carbonyl (C=O) groups is 3. The number of carbonyl (C=O) groups excluding carboxylic acids is 3. The largest absolute Gasteiger partial charge is 0.463 e. The molecule has 0 aromatic heterocycles. The molecule has 0 heterocycles. The normalized spacial score (nSPS) is 16.2. The van der Waals surface area contributed by atoms with Crippen LogP contribution in [0.25, 0.3) is 0 Å². The second-order valence-electron chi connectivity index (χ2n) is 10.6. The predicted molar refractivity (Wildman–Crippen MR) is 156 cm³/mol. The van der Waals surface area contributed by atoms with Crippen LogP contribution >= 0.6 is 0 Å². The number of aliphatic hydroxyl groups is 1. The third kappa shape index (κ3) is 9.19. The Kier molecular flexibility index (Phi) is 12.2. The molecular formula is C33H42N2O5. The zero-order valence-corrected chi connectivity index (χ0v) is 23.2. The molecule has 0 bridgehead atoms. The van der Waals surface area contributed by atoms with Crippen molar-refractivity contribution in [2.45, 2.75) is 62.9 Å². The number of allylic oxidation sites excluding steroid dienone is 2. The highest BCUT2D eigenvalue weighted by Gasteiger charge is 2.35. The summed E-state index contributed by atoms with van der Waals surface area (Å²) >= 11 is 0. The Morgan fingerprint density at radius 3 is 2.12 bits per heavy atom. The van der Waals surface area contributed by atoms with E-state index in [1.165, 1.54) is 0 Å². The van der Waals surface area contributed by atoms with Gasteiger partial charge in [0, 0.05) is 6.42 Å². The van der Waals surface area contributed by atoms with Crippen LogP contribution in [0.1, 0.15) is 62.1 Å². The fraction of sp³-hybridized carbons (Fsp3) is 0.424. The van der Waals surface area contributed by atoms with Crippen LogP contribution in [-0.2, 0) is 25.5 Å². The van der Waals surface area contributed by atoms with Crippen molar-refractivity contribution < 1.29 is 24.2 Å². The van der Waals surface area contributed by atoms with E-state index in [2.05, 4.69) is 23.8 Å². The number of amides is 2. The molecular weight excluding hydrogens is 504 g/mol. The highest BCUT2D eigenvalue weighted by Crippen LogP contribution is 2.29. The van der Waals surface area contributed by atoms with Crippen LogP contribution in [0.5, 0.6) is 0 Å². The first-order valence-electron chi connectivity index (χ1n) is 14.1. The first kappa shape index (κ1) is 30.8. The third-order valence-corrected chi connectivity index (χ3v) is 7.54. The van der Waals surface area contributed by atoms with Crippen LogP contribution in [0.4, 0.5) is 0 Å². The molecule has 0 aliphatic heterocycles. The second kappa shape index (κ2) is 15.8. The Morgan fingerprint density at radius 1 is 0.925 bits per heavy atom. The molecule has 2 amide bonds. The maximum atomic E-state index is 13.4. The molecule has 1 aliphatic carbocycles. The van der Waals surface area contributed by atoms with Crippen molar-refractivity contribution in [2.24, 2.45) is 11.8 Å². The highest BCUT2D eigenvalue weighted by molar-refractivity contribution is 5.86. The van der Waals surface area contributed by atoms with Gasteiger partial charge in [-0.1, -0.05) is 85.7 Å². The van der Waals surface area contributed by atoms with Crippen molar-refractivity contribution in [3.63, 3.8) is 0 Å². The molecule has 0 radical (unpaired) electrons. The molecule has 3 atom stereocenters. The number of rotatable bonds is 16. The summed E-state index contributed by atoms with van der Waals surface area (Å²) in [6, 6.07) is 18.5. The molecule has 7 heteroatoms. The van der Waals surface area contributed by atoms with Crippen LogP contribution in [-0.4, -0.2) is 41.6 Å². The van der Waals surface area contributed by atoms with Gasteiger partial charge in [-0.05, 0) is 43.2 Å². The number of esters is 1. The molecule has 1 saturated carbocycles. The average Bonchev–Trinajstić information content (AvgIpc) is 3.44. The summed E-state index contributed by atoms with van der Waals surface area (Å²) in [6.07, 6.45) is 7.98. The first-order valence-corrected chi connectivity index (χ1v) is 14.1. The van der Waals surface area contributed by atoms with E-state index in [4.69, 9.17) is 4.74 Å². The first-order chi connectivity index (χ1) is 19.4. The van der Waals surface area contributed by atoms with E-state index in [0.29, 0.717) is 19.3 Å². The van der Waals surface area contributed by atoms with Gasteiger partial charge in [0.05, 0.1) is 30.0 Å². The van der Waals surface area contributed by atoms with Crippen molar-refractivity contribution in [3.8, 4) is 0 Å². The van der Waals surface area contributed by atoms with Gasteiger partial charge >= 0.3 is 5.97 Å². The number of hydrogen-bond donors (Lipinski definition) is 3. The van der Waals surface area contributed by atoms with Crippen LogP contribution in [0, 0.1) is 11.8 Å². The maximum absolute atomic E-state index is 13.4. The zero-order valence-electron chi connectivity index (χ0n) is 23.2. The molecule has 3 rings (SSSR count). The summed E-state index contributed by atoms with van der Waals surface area (Å²) < 4.78 is 5.75. The molecule has 3 unspecified atom stereocenters. The molecule has 1 fully saturated rings. The highest BCUT2D eigenvalue weighted by atomic mass is 16.5. The fourth-order valence-electron chi connectivity index (χ4n) is 5.27. The summed E-state index contributed by atoms with van der Waals surface area (Å²) in [5.74, 6) is -1.99. The topological polar surface area (TPSA) is 105 Å². The van der Waals surface area contributed by atoms with Gasteiger partial charge in [-0.2, -0.15) is 0 Å². The lowest BCUT2D eigenvalue weighted by atomic mass is 9.95. The van der Waals surface area contributed by atoms with Crippen molar-refractivity contribution in [1.29, 1.82) is 0 Å². The fourth-order valence-corrected chi connectivity index (χ4v) is 5.27. The minimum Gasteiger partial charge on any atom is -0.463 e. The summed E-state index contributed by atoms with van der Waals surface area (Å²) in [5.41, 5.74) is 1.22. The van der Waals surface area contributed by atoms with E-state index in [-0.39, 0.29) is 37.4 Å². The van der Waals surface area contributed by atoms with E-state index < -0.39 is 23.4 Å². The molecule has 7 nitrogen and oxygen atoms in total. The van der Waals surface area contributed by atoms with Crippen LogP contribution < -0.4 is 10.6 Å². The smallest absolute Gasteiger partial charge is 0.309 e. The lowest BCUT2D eigenvalue weighted by Crippen LogP contribution is -2.50. The van der Waals surface area contributed by atoms with Crippen molar-refractivity contribution in [1.82, 2.24) is 10.6 Å². The Bertz CT molecular complexity index is 1110. The van der Waals surface area contributed by atoms with Crippen molar-refractivity contribution >= 4 is 17.8 Å². The Morgan fingerprint density at radius 2 is 1.52 bits per heavy atom. The number of nitrogens with one attached hydrogen (secondary N) is 2. The van der Waals surface area contributed by atoms with Gasteiger partial charge in [-0.15, -0.1) is 13.2 Å². The molecule has 40 heavy (non-hydrogen) atoms. The standard InChI is InChI=1S/C33H42N2O5/c1-3-13-27(22-30(37)35-33(24-36)19-11-12-20-33)31(38)34-29(26-17-9-6-10-18-26)23-40-32(39)28(14-4-2)21-25-15-7-5-8-16-25/h3-10,15-18,27-29,36H,1-2,11-14,19-24H2,(H,34,38)(H,35,37). The summed E-state index contributed by atoms with van der Waals surface area (Å²) in [5, 5.41) is 15.8. The number of aliphatic hydroxyl groups excluding tert-OH is 1. The van der Waals surface area contributed by atoms with E-state index >= 15 is 0 Å². The van der Waals surface area contributed by atoms with E-state index in [1.807, 2.05) is 60.7 Å². The molecule has 214 valence electrons. The van der Waals surface area contributed by atoms with E-state index in [0.717, 1.165) is 36.8 Å². The number of ether oxygens (including phenoxy) is 1. The quantitative estimate of drug-likeness (QED) is 0.207. The summed E-state index contributed by atoms with van der Waals surface area (Å²) in [7, 11) is 0. The molecule has 1 aliphatic rings. The number of hydrogen-bond acceptors (Lipinski definition) is 5. The zero-order chi connectivity index (χ0) is 28.8. The van der Waals surface area contributed by atoms with Gasteiger partial charge in [0.2, 0.25) is 11.8 Å². The van der Waals surface area contributed by atoms with Crippen LogP contribution in [0.15, 0.2) is 86.0 Å². The lowest BCUT2D eigenvalue weighted by Gasteiger charge is -2.29. The molecule has 2 aromatic carbocycles. The Hall–Kier alpha value is -3.71. The molecule has 0 saturated heterocycles. The second-order valence-corrected chi connectivity index (χ2v) is 10.6. The minimum atomic E-state index is -0.650. The van der Waals surface area contributed by atoms with Gasteiger partial charge in [0.25, 0.3) is 0 Å². The molecule has 2 aromatic rings. The van der Waals surface area contributed by atoms with Crippen LogP contribution in [0.2, 0.25) is 0 Å². The van der Waals surface area contributed by atoms with Gasteiger partial charge in [0.15, 0.2) is 0 Å². The maximum Gasteiger partial charge on any atom is 0.309 e. The van der Waals surface area contributed by atoms with Gasteiger partial charge in [-0.3, -0.25) is 14.4 Å². The minimum absolute atomic E-state index is 0.0284. The van der Waals surface area contributed by atoms with Gasteiger partial charge in [-0.25, -0.2) is 0 Å². The SMILES string of the molecule is C=CCC(CC(=O)NC1(CO)CCCC1)C(=O)NC(COC(=O)C(CC=C)Cc1ccccc1)c1ccccc1. The van der Waals surface area contributed by atoms with Crippen molar-refractivity contribution in [3.05, 3.63) is 97.1 Å². The summed E-state index contributed by atoms with van der Waals surface area (Å²) in [6.45, 7) is 7.39. The van der Waals surface area contributed by atoms with E-state index in [1.54, 1.807) is 12.2 Å². The molecule has 3 N–H and O–H groups in total. The summed E-state index contributed by atoms with van der Waals surface area (Å²) in [4.78, 5) is 39.4. The van der Waals surface area contributed by atoms with Gasteiger partial charge < -0.3 is 20.5 Å². The van der Waals surface area contributed by atoms with Gasteiger partial charge in [0.1, 0.15) is 6.61 Å². The average molecular weight is 547 g/mol.